The molecule has 3 fully saturated rings. The zero-order valence-corrected chi connectivity index (χ0v) is 14.9. The van der Waals surface area contributed by atoms with E-state index in [1.165, 1.54) is 4.90 Å². The highest BCUT2D eigenvalue weighted by Gasteiger charge is 2.60. The number of hydrogen-bond acceptors (Lipinski definition) is 5. The van der Waals surface area contributed by atoms with Crippen LogP contribution in [0.25, 0.3) is 0 Å². The Labute approximate surface area is 157 Å². The average Bonchev–Trinajstić information content (AvgIpc) is 3.34. The molecule has 1 N–H and O–H groups in total. The predicted octanol–water partition coefficient (Wildman–Crippen LogP) is 1.59. The van der Waals surface area contributed by atoms with Crippen LogP contribution in [0.15, 0.2) is 30.3 Å². The summed E-state index contributed by atoms with van der Waals surface area (Å²) >= 11 is 0. The molecule has 1 aromatic carbocycles. The maximum atomic E-state index is 12.6. The second-order valence-electron chi connectivity index (χ2n) is 7.54. The van der Waals surface area contributed by atoms with Crippen LogP contribution in [0.3, 0.4) is 0 Å². The molecule has 4 atom stereocenters. The van der Waals surface area contributed by atoms with E-state index in [-0.39, 0.29) is 36.6 Å². The van der Waals surface area contributed by atoms with Gasteiger partial charge >= 0.3 is 5.97 Å². The number of benzene rings is 1. The van der Waals surface area contributed by atoms with E-state index >= 15 is 0 Å². The van der Waals surface area contributed by atoms with Crippen LogP contribution in [0, 0.1) is 23.7 Å². The Balaban J connectivity index is 1.23. The fourth-order valence-corrected chi connectivity index (χ4v) is 4.83. The normalized spacial score (nSPS) is 28.4. The third-order valence-corrected chi connectivity index (χ3v) is 5.98. The number of anilines is 1. The summed E-state index contributed by atoms with van der Waals surface area (Å²) < 4.78 is 4.95. The van der Waals surface area contributed by atoms with Gasteiger partial charge in [0.25, 0.3) is 5.91 Å². The van der Waals surface area contributed by atoms with Crippen molar-refractivity contribution in [3.05, 3.63) is 30.3 Å². The Morgan fingerprint density at radius 1 is 1.04 bits per heavy atom. The first-order valence-corrected chi connectivity index (χ1v) is 9.40. The molecule has 27 heavy (non-hydrogen) atoms. The molecule has 1 saturated heterocycles. The number of amides is 3. The highest BCUT2D eigenvalue weighted by molar-refractivity contribution is 6.06. The second kappa shape index (κ2) is 7.13. The van der Waals surface area contributed by atoms with Crippen LogP contribution < -0.4 is 5.32 Å². The largest absolute Gasteiger partial charge is 0.456 e. The Morgan fingerprint density at radius 3 is 2.30 bits per heavy atom. The number of carbonyl (C=O) groups is 4. The molecule has 7 heteroatoms. The number of imide groups is 1. The van der Waals surface area contributed by atoms with Crippen molar-refractivity contribution in [3.8, 4) is 0 Å². The molecule has 0 spiro atoms. The van der Waals surface area contributed by atoms with E-state index in [1.807, 2.05) is 6.07 Å². The van der Waals surface area contributed by atoms with E-state index in [0.717, 1.165) is 19.3 Å². The van der Waals surface area contributed by atoms with Crippen molar-refractivity contribution in [1.29, 1.82) is 0 Å². The molecule has 2 bridgehead atoms. The highest BCUT2D eigenvalue weighted by Crippen LogP contribution is 2.56. The van der Waals surface area contributed by atoms with Gasteiger partial charge in [0.2, 0.25) is 11.8 Å². The van der Waals surface area contributed by atoms with E-state index in [4.69, 9.17) is 4.74 Å². The molecule has 1 aliphatic heterocycles. The van der Waals surface area contributed by atoms with Gasteiger partial charge in [0.15, 0.2) is 6.61 Å². The predicted molar refractivity (Wildman–Crippen MR) is 95.2 cm³/mol. The van der Waals surface area contributed by atoms with Crippen LogP contribution in [0.2, 0.25) is 0 Å². The van der Waals surface area contributed by atoms with Gasteiger partial charge in [-0.15, -0.1) is 0 Å². The molecule has 0 unspecified atom stereocenters. The topological polar surface area (TPSA) is 92.8 Å². The van der Waals surface area contributed by atoms with Crippen molar-refractivity contribution in [2.75, 3.05) is 18.5 Å². The van der Waals surface area contributed by atoms with Gasteiger partial charge in [-0.1, -0.05) is 18.2 Å². The minimum absolute atomic E-state index is 0.0310. The fraction of sp³-hybridized carbons (Fsp3) is 0.500. The molecule has 3 amide bonds. The van der Waals surface area contributed by atoms with Gasteiger partial charge in [-0.05, 0) is 43.2 Å². The van der Waals surface area contributed by atoms with Gasteiger partial charge in [0, 0.05) is 12.2 Å². The molecule has 2 aliphatic carbocycles. The van der Waals surface area contributed by atoms with E-state index in [2.05, 4.69) is 5.32 Å². The standard InChI is InChI=1S/C20H22N2O5/c23-15(21-14-4-2-1-3-5-14)11-27-16(24)8-9-22-19(25)17-12-6-7-13(10-12)18(17)20(22)26/h1-5,12-13,17-18H,6-11H2,(H,21,23)/t12-,13+,17-,18-/m0/s1. The lowest BCUT2D eigenvalue weighted by Gasteiger charge is -2.19. The van der Waals surface area contributed by atoms with Crippen LogP contribution in [0.5, 0.6) is 0 Å². The van der Waals surface area contributed by atoms with Crippen molar-refractivity contribution in [2.45, 2.75) is 25.7 Å². The van der Waals surface area contributed by atoms with E-state index < -0.39 is 18.5 Å². The summed E-state index contributed by atoms with van der Waals surface area (Å²) in [4.78, 5) is 50.0. The van der Waals surface area contributed by atoms with E-state index in [0.29, 0.717) is 17.5 Å². The molecular weight excluding hydrogens is 348 g/mol. The van der Waals surface area contributed by atoms with Crippen LogP contribution >= 0.6 is 0 Å². The molecule has 142 valence electrons. The van der Waals surface area contributed by atoms with Crippen molar-refractivity contribution < 1.29 is 23.9 Å². The third-order valence-electron chi connectivity index (χ3n) is 5.98. The summed E-state index contributed by atoms with van der Waals surface area (Å²) in [6.45, 7) is -0.367. The summed E-state index contributed by atoms with van der Waals surface area (Å²) in [5.74, 6) is -0.996. The quantitative estimate of drug-likeness (QED) is 0.606. The number of carbonyl (C=O) groups excluding carboxylic acids is 4. The van der Waals surface area contributed by atoms with Crippen LogP contribution in [-0.4, -0.2) is 41.7 Å². The number of rotatable bonds is 6. The Hall–Kier alpha value is -2.70. The first-order chi connectivity index (χ1) is 13.0. The van der Waals surface area contributed by atoms with E-state index in [1.54, 1.807) is 24.3 Å². The average molecular weight is 370 g/mol. The molecule has 7 nitrogen and oxygen atoms in total. The number of nitrogens with zero attached hydrogens (tertiary/aromatic N) is 1. The third kappa shape index (κ3) is 3.34. The van der Waals surface area contributed by atoms with Gasteiger partial charge in [-0.3, -0.25) is 24.1 Å². The van der Waals surface area contributed by atoms with Crippen LogP contribution in [0.4, 0.5) is 5.69 Å². The second-order valence-corrected chi connectivity index (χ2v) is 7.54. The van der Waals surface area contributed by atoms with Crippen LogP contribution in [-0.2, 0) is 23.9 Å². The Morgan fingerprint density at radius 2 is 1.67 bits per heavy atom. The number of likely N-dealkylation sites (tertiary alicyclic amines) is 1. The molecule has 1 heterocycles. The van der Waals surface area contributed by atoms with Gasteiger partial charge in [-0.25, -0.2) is 0 Å². The number of nitrogens with one attached hydrogen (secondary N) is 1. The summed E-state index contributed by atoms with van der Waals surface area (Å²) in [6.07, 6.45) is 2.94. The smallest absolute Gasteiger partial charge is 0.308 e. The Bertz CT molecular complexity index is 750. The molecule has 2 saturated carbocycles. The zero-order chi connectivity index (χ0) is 19.0. The molecule has 3 aliphatic rings. The summed E-state index contributed by atoms with van der Waals surface area (Å²) in [5, 5.41) is 2.62. The van der Waals surface area contributed by atoms with Crippen molar-refractivity contribution in [3.63, 3.8) is 0 Å². The van der Waals surface area contributed by atoms with Crippen LogP contribution in [0.1, 0.15) is 25.7 Å². The first kappa shape index (κ1) is 17.7. The minimum Gasteiger partial charge on any atom is -0.456 e. The van der Waals surface area contributed by atoms with Gasteiger partial charge in [0.1, 0.15) is 0 Å². The van der Waals surface area contributed by atoms with Gasteiger partial charge in [0.05, 0.1) is 18.3 Å². The first-order valence-electron chi connectivity index (χ1n) is 9.40. The summed E-state index contributed by atoms with van der Waals surface area (Å²) in [7, 11) is 0. The monoisotopic (exact) mass is 370 g/mol. The van der Waals surface area contributed by atoms with Crippen molar-refractivity contribution in [1.82, 2.24) is 4.90 Å². The number of ether oxygens (including phenoxy) is 1. The lowest BCUT2D eigenvalue weighted by Crippen LogP contribution is -2.35. The van der Waals surface area contributed by atoms with E-state index in [9.17, 15) is 19.2 Å². The van der Waals surface area contributed by atoms with Crippen molar-refractivity contribution >= 4 is 29.4 Å². The summed E-state index contributed by atoms with van der Waals surface area (Å²) in [6, 6.07) is 8.86. The van der Waals surface area contributed by atoms with Gasteiger partial charge in [-0.2, -0.15) is 0 Å². The maximum Gasteiger partial charge on any atom is 0.308 e. The maximum absolute atomic E-state index is 12.6. The molecule has 1 aromatic rings. The van der Waals surface area contributed by atoms with Crippen molar-refractivity contribution in [2.24, 2.45) is 23.7 Å². The highest BCUT2D eigenvalue weighted by atomic mass is 16.5. The SMILES string of the molecule is O=C(COC(=O)CCN1C(=O)[C@H]2[C@@H]3CC[C@@H](C3)[C@@H]2C1=O)Nc1ccccc1. The zero-order valence-electron chi connectivity index (χ0n) is 14.9. The fourth-order valence-electron chi connectivity index (χ4n) is 4.83. The van der Waals surface area contributed by atoms with Gasteiger partial charge < -0.3 is 10.1 Å². The molecule has 0 aromatic heterocycles. The number of hydrogen-bond donors (Lipinski definition) is 1. The summed E-state index contributed by atoms with van der Waals surface area (Å²) in [5.41, 5.74) is 0.618. The number of para-hydroxylation sites is 1. The molecular formula is C20H22N2O5. The molecule has 0 radical (unpaired) electrons. The number of fused-ring (bicyclic) bond motifs is 5. The molecule has 4 rings (SSSR count). The minimum atomic E-state index is -0.598. The number of esters is 1. The Kier molecular flexibility index (Phi) is 4.68. The lowest BCUT2D eigenvalue weighted by molar-refractivity contribution is -0.149. The lowest BCUT2D eigenvalue weighted by atomic mass is 9.81.